The molecule has 1 saturated heterocycles. The van der Waals surface area contributed by atoms with Crippen molar-refractivity contribution >= 4 is 51.8 Å². The topological polar surface area (TPSA) is 93.6 Å². The summed E-state index contributed by atoms with van der Waals surface area (Å²) in [6.45, 7) is 1.90. The van der Waals surface area contributed by atoms with E-state index in [0.717, 1.165) is 24.8 Å². The highest BCUT2D eigenvalue weighted by molar-refractivity contribution is 6.22. The first-order valence-electron chi connectivity index (χ1n) is 15.2. The van der Waals surface area contributed by atoms with Crippen LogP contribution in [0.1, 0.15) is 52.0 Å². The summed E-state index contributed by atoms with van der Waals surface area (Å²) in [5.74, 6) is -1.59. The molecule has 7 rings (SSSR count). The van der Waals surface area contributed by atoms with Gasteiger partial charge in [0.25, 0.3) is 0 Å². The van der Waals surface area contributed by atoms with E-state index in [2.05, 4.69) is 0 Å². The van der Waals surface area contributed by atoms with Gasteiger partial charge in [0.2, 0.25) is 17.6 Å². The van der Waals surface area contributed by atoms with Crippen LogP contribution in [-0.4, -0.2) is 40.5 Å². The maximum Gasteiger partial charge on any atom is 0.339 e. The summed E-state index contributed by atoms with van der Waals surface area (Å²) in [4.78, 5) is 59.6. The van der Waals surface area contributed by atoms with Gasteiger partial charge in [-0.15, -0.1) is 11.6 Å². The molecule has 5 atom stereocenters. The van der Waals surface area contributed by atoms with Crippen LogP contribution < -0.4 is 4.90 Å². The number of carbonyl (C=O) groups is 4. The second-order valence-corrected chi connectivity index (χ2v) is 12.6. The molecule has 3 aromatic carbocycles. The predicted octanol–water partition coefficient (Wildman–Crippen LogP) is 6.92. The minimum Gasteiger partial charge on any atom is -0.450 e. The van der Waals surface area contributed by atoms with Crippen LogP contribution in [-0.2, 0) is 14.3 Å². The van der Waals surface area contributed by atoms with E-state index < -0.39 is 23.7 Å². The molecule has 1 aromatic heterocycles. The molecular formula is C36H30ClFN2O5. The molecule has 0 spiro atoms. The lowest BCUT2D eigenvalue weighted by Gasteiger charge is -2.19. The number of halogens is 2. The fraction of sp³-hybridized carbons (Fsp3) is 0.306. The van der Waals surface area contributed by atoms with Gasteiger partial charge in [-0.1, -0.05) is 23.8 Å². The lowest BCUT2D eigenvalue weighted by Crippen LogP contribution is -2.32. The maximum absolute atomic E-state index is 13.7. The van der Waals surface area contributed by atoms with Crippen LogP contribution in [0.15, 0.2) is 72.8 Å². The van der Waals surface area contributed by atoms with Crippen molar-refractivity contribution in [1.29, 1.82) is 0 Å². The molecule has 0 radical (unpaired) electrons. The predicted molar refractivity (Wildman–Crippen MR) is 167 cm³/mol. The van der Waals surface area contributed by atoms with E-state index in [1.807, 2.05) is 25.1 Å². The third-order valence-electron chi connectivity index (χ3n) is 9.57. The van der Waals surface area contributed by atoms with Crippen LogP contribution in [0.5, 0.6) is 0 Å². The number of imide groups is 1. The van der Waals surface area contributed by atoms with E-state index in [-0.39, 0.29) is 47.1 Å². The number of benzene rings is 3. The Bertz CT molecular complexity index is 1830. The molecule has 2 bridgehead atoms. The van der Waals surface area contributed by atoms with Crippen molar-refractivity contribution in [3.05, 3.63) is 95.3 Å². The molecule has 2 aliphatic carbocycles. The summed E-state index contributed by atoms with van der Waals surface area (Å²) in [5.41, 5.74) is 3.59. The van der Waals surface area contributed by atoms with Crippen LogP contribution in [0.4, 0.5) is 10.1 Å². The number of pyridine rings is 1. The number of ketones is 1. The van der Waals surface area contributed by atoms with Crippen molar-refractivity contribution in [2.45, 2.75) is 38.7 Å². The van der Waals surface area contributed by atoms with E-state index in [0.29, 0.717) is 39.7 Å². The molecule has 7 nitrogen and oxygen atoms in total. The van der Waals surface area contributed by atoms with E-state index >= 15 is 0 Å². The highest BCUT2D eigenvalue weighted by Crippen LogP contribution is 2.56. The second kappa shape index (κ2) is 11.5. The number of rotatable bonds is 8. The molecular weight excluding hydrogens is 595 g/mol. The third kappa shape index (κ3) is 5.11. The van der Waals surface area contributed by atoms with E-state index in [4.69, 9.17) is 21.3 Å². The largest absolute Gasteiger partial charge is 0.450 e. The Kier molecular flexibility index (Phi) is 7.48. The summed E-state index contributed by atoms with van der Waals surface area (Å²) in [6.07, 6.45) is 1.92. The number of nitrogens with zero attached hydrogens (tertiary/aromatic N) is 2. The first-order chi connectivity index (χ1) is 21.7. The summed E-state index contributed by atoms with van der Waals surface area (Å²) >= 11 is 5.97. The highest BCUT2D eigenvalue weighted by atomic mass is 35.5. The van der Waals surface area contributed by atoms with Gasteiger partial charge in [0.1, 0.15) is 5.82 Å². The van der Waals surface area contributed by atoms with Gasteiger partial charge in [-0.05, 0) is 92.6 Å². The molecule has 1 aliphatic heterocycles. The average molecular weight is 625 g/mol. The van der Waals surface area contributed by atoms with Crippen molar-refractivity contribution in [3.63, 3.8) is 0 Å². The van der Waals surface area contributed by atoms with Crippen molar-refractivity contribution in [2.24, 2.45) is 23.7 Å². The van der Waals surface area contributed by atoms with Gasteiger partial charge in [-0.3, -0.25) is 19.3 Å². The summed E-state index contributed by atoms with van der Waals surface area (Å²) in [6, 6.07) is 19.2. The molecule has 3 aliphatic rings. The highest BCUT2D eigenvalue weighted by Gasteiger charge is 2.61. The fourth-order valence-electron chi connectivity index (χ4n) is 7.44. The summed E-state index contributed by atoms with van der Waals surface area (Å²) in [5, 5.41) is 0.564. The van der Waals surface area contributed by atoms with E-state index in [1.165, 1.54) is 29.2 Å². The SMILES string of the molecule is Cc1ccc2nc(-c3ccc(N4C(=O)C5C6CCC(C6)C5C4=O)cc3)cc(C(=O)OC(CCCl)C(=O)c3ccc(F)cc3)c2c1. The normalized spacial score (nSPS) is 22.6. The smallest absolute Gasteiger partial charge is 0.339 e. The zero-order valence-corrected chi connectivity index (χ0v) is 25.3. The van der Waals surface area contributed by atoms with E-state index in [9.17, 15) is 23.6 Å². The zero-order chi connectivity index (χ0) is 31.4. The number of ether oxygens (including phenoxy) is 1. The molecule has 2 amide bonds. The Morgan fingerprint density at radius 1 is 0.956 bits per heavy atom. The van der Waals surface area contributed by atoms with Crippen LogP contribution in [0.2, 0.25) is 0 Å². The Hall–Kier alpha value is -4.43. The number of anilines is 1. The maximum atomic E-state index is 13.7. The number of aromatic nitrogens is 1. The molecule has 4 aromatic rings. The number of fused-ring (bicyclic) bond motifs is 6. The Morgan fingerprint density at radius 3 is 2.27 bits per heavy atom. The van der Waals surface area contributed by atoms with Crippen LogP contribution in [0.3, 0.4) is 0 Å². The minimum atomic E-state index is -1.17. The molecule has 3 fully saturated rings. The van der Waals surface area contributed by atoms with Gasteiger partial charge in [-0.2, -0.15) is 0 Å². The Balaban J connectivity index is 1.19. The minimum absolute atomic E-state index is 0.0729. The molecule has 2 saturated carbocycles. The van der Waals surface area contributed by atoms with Gasteiger partial charge in [0, 0.05) is 28.8 Å². The standard InChI is InChI=1S/C36H30ClFN2O5/c1-19-2-13-28-26(16-19)27(36(44)45-30(14-15-37)33(41)21-5-9-24(38)10-6-21)18-29(39-28)20-7-11-25(12-8-20)40-34(42)31-22-3-4-23(17-22)32(31)35(40)43/h2,5-13,16,18,22-23,30-32H,3-4,14-15,17H2,1H3. The zero-order valence-electron chi connectivity index (χ0n) is 24.5. The average Bonchev–Trinajstić information content (AvgIpc) is 3.73. The molecule has 9 heteroatoms. The second-order valence-electron chi connectivity index (χ2n) is 12.3. The molecule has 5 unspecified atom stereocenters. The molecule has 2 heterocycles. The Labute approximate surface area is 264 Å². The number of carbonyl (C=O) groups excluding carboxylic acids is 4. The lowest BCUT2D eigenvalue weighted by atomic mass is 9.81. The van der Waals surface area contributed by atoms with Crippen molar-refractivity contribution in [1.82, 2.24) is 4.98 Å². The first-order valence-corrected chi connectivity index (χ1v) is 15.7. The van der Waals surface area contributed by atoms with Gasteiger partial charge >= 0.3 is 5.97 Å². The number of Topliss-reactive ketones (excluding diaryl/α,β-unsaturated/α-hetero) is 1. The number of esters is 1. The molecule has 45 heavy (non-hydrogen) atoms. The van der Waals surface area contributed by atoms with Gasteiger partial charge < -0.3 is 4.74 Å². The van der Waals surface area contributed by atoms with Crippen LogP contribution in [0, 0.1) is 36.4 Å². The van der Waals surface area contributed by atoms with Crippen molar-refractivity contribution in [2.75, 3.05) is 10.8 Å². The number of aryl methyl sites for hydroxylation is 1. The quantitative estimate of drug-likeness (QED) is 0.0914. The monoisotopic (exact) mass is 624 g/mol. The van der Waals surface area contributed by atoms with Crippen molar-refractivity contribution < 1.29 is 28.3 Å². The molecule has 0 N–H and O–H groups in total. The van der Waals surface area contributed by atoms with Gasteiger partial charge in [0.05, 0.1) is 34.3 Å². The van der Waals surface area contributed by atoms with Gasteiger partial charge in [-0.25, -0.2) is 14.2 Å². The number of hydrogen-bond acceptors (Lipinski definition) is 6. The number of amides is 2. The van der Waals surface area contributed by atoms with Gasteiger partial charge in [0.15, 0.2) is 6.10 Å². The van der Waals surface area contributed by atoms with Crippen molar-refractivity contribution in [3.8, 4) is 11.3 Å². The van der Waals surface area contributed by atoms with E-state index in [1.54, 1.807) is 30.3 Å². The summed E-state index contributed by atoms with van der Waals surface area (Å²) in [7, 11) is 0. The number of hydrogen-bond donors (Lipinski definition) is 0. The third-order valence-corrected chi connectivity index (χ3v) is 9.79. The lowest BCUT2D eigenvalue weighted by molar-refractivity contribution is -0.123. The molecule has 228 valence electrons. The first kappa shape index (κ1) is 29.3. The Morgan fingerprint density at radius 2 is 1.62 bits per heavy atom. The number of alkyl halides is 1. The van der Waals surface area contributed by atoms with Crippen LogP contribution in [0.25, 0.3) is 22.2 Å². The van der Waals surface area contributed by atoms with Crippen LogP contribution >= 0.6 is 11.6 Å². The fourth-order valence-corrected chi connectivity index (χ4v) is 7.63. The summed E-state index contributed by atoms with van der Waals surface area (Å²) < 4.78 is 19.2.